The third-order valence-corrected chi connectivity index (χ3v) is 9.03. The fraction of sp³-hybridized carbons (Fsp3) is 0.741. The average Bonchev–Trinajstić information content (AvgIpc) is 3.20. The number of methoxy groups -OCH3 is 1. The largest absolute Gasteiger partial charge is 0.469 e. The quantitative estimate of drug-likeness (QED) is 0.403. The third kappa shape index (κ3) is 4.25. The summed E-state index contributed by atoms with van der Waals surface area (Å²) >= 11 is 0. The van der Waals surface area contributed by atoms with Crippen molar-refractivity contribution in [3.05, 3.63) is 35.8 Å². The van der Waals surface area contributed by atoms with Crippen molar-refractivity contribution >= 4 is 5.97 Å². The van der Waals surface area contributed by atoms with Gasteiger partial charge in [-0.1, -0.05) is 31.9 Å². The molecule has 2 aliphatic carbocycles. The van der Waals surface area contributed by atoms with Gasteiger partial charge in [0.05, 0.1) is 25.3 Å². The Hall–Kier alpha value is -1.55. The first-order valence-corrected chi connectivity index (χ1v) is 12.4. The van der Waals surface area contributed by atoms with Gasteiger partial charge in [-0.2, -0.15) is 0 Å². The summed E-state index contributed by atoms with van der Waals surface area (Å²) in [6, 6.07) is 2.17. The van der Waals surface area contributed by atoms with E-state index in [1.165, 1.54) is 49.9 Å². The van der Waals surface area contributed by atoms with Crippen molar-refractivity contribution in [1.82, 2.24) is 4.90 Å². The Bertz CT molecular complexity index is 792. The minimum absolute atomic E-state index is 0.0201. The second kappa shape index (κ2) is 9.13. The van der Waals surface area contributed by atoms with Crippen molar-refractivity contribution in [3.63, 3.8) is 0 Å². The molecule has 0 spiro atoms. The van der Waals surface area contributed by atoms with Crippen LogP contribution >= 0.6 is 0 Å². The van der Waals surface area contributed by atoms with Crippen molar-refractivity contribution < 1.29 is 13.9 Å². The minimum Gasteiger partial charge on any atom is -0.469 e. The van der Waals surface area contributed by atoms with Gasteiger partial charge in [-0.05, 0) is 100 Å². The zero-order valence-electron chi connectivity index (χ0n) is 19.9. The van der Waals surface area contributed by atoms with Gasteiger partial charge in [0.15, 0.2) is 0 Å². The summed E-state index contributed by atoms with van der Waals surface area (Å²) < 4.78 is 11.2. The van der Waals surface area contributed by atoms with Crippen molar-refractivity contribution in [1.29, 1.82) is 0 Å². The summed E-state index contributed by atoms with van der Waals surface area (Å²) in [6.07, 6.45) is 13.3. The molecule has 1 aromatic heterocycles. The predicted molar refractivity (Wildman–Crippen MR) is 124 cm³/mol. The molecule has 1 aliphatic heterocycles. The van der Waals surface area contributed by atoms with Crippen LogP contribution in [0, 0.1) is 22.7 Å². The second-order valence-corrected chi connectivity index (χ2v) is 10.8. The Labute approximate surface area is 188 Å². The highest BCUT2D eigenvalue weighted by atomic mass is 16.5. The lowest BCUT2D eigenvalue weighted by molar-refractivity contribution is -0.168. The van der Waals surface area contributed by atoms with Crippen LogP contribution in [0.1, 0.15) is 83.0 Å². The first kappa shape index (κ1) is 22.6. The van der Waals surface area contributed by atoms with Crippen LogP contribution in [0.5, 0.6) is 0 Å². The highest BCUT2D eigenvalue weighted by molar-refractivity contribution is 5.77. The first-order valence-electron chi connectivity index (χ1n) is 12.4. The van der Waals surface area contributed by atoms with Gasteiger partial charge in [-0.15, -0.1) is 0 Å². The maximum Gasteiger partial charge on any atom is 0.311 e. The van der Waals surface area contributed by atoms with E-state index in [0.717, 1.165) is 50.8 Å². The minimum atomic E-state index is -0.365. The third-order valence-electron chi connectivity index (χ3n) is 9.03. The number of likely N-dealkylation sites (tertiary alicyclic amines) is 1. The van der Waals surface area contributed by atoms with Crippen molar-refractivity contribution in [2.45, 2.75) is 84.6 Å². The van der Waals surface area contributed by atoms with Crippen LogP contribution in [0.4, 0.5) is 0 Å². The molecule has 0 radical (unpaired) electrons. The van der Waals surface area contributed by atoms with Gasteiger partial charge in [0, 0.05) is 0 Å². The smallest absolute Gasteiger partial charge is 0.311 e. The van der Waals surface area contributed by atoms with Crippen LogP contribution in [0.2, 0.25) is 0 Å². The highest BCUT2D eigenvalue weighted by Gasteiger charge is 2.57. The molecule has 4 nitrogen and oxygen atoms in total. The molecule has 3 fully saturated rings. The molecular formula is C27H41NO3. The van der Waals surface area contributed by atoms with Crippen LogP contribution < -0.4 is 0 Å². The van der Waals surface area contributed by atoms with E-state index in [-0.39, 0.29) is 16.8 Å². The number of hydrogen-bond acceptors (Lipinski definition) is 4. The summed E-state index contributed by atoms with van der Waals surface area (Å²) in [4.78, 5) is 15.3. The molecule has 1 saturated heterocycles. The molecule has 4 heteroatoms. The molecule has 1 aromatic rings. The van der Waals surface area contributed by atoms with Crippen LogP contribution in [-0.4, -0.2) is 31.1 Å². The number of furan rings is 1. The Morgan fingerprint density at radius 1 is 1.23 bits per heavy atom. The molecule has 31 heavy (non-hydrogen) atoms. The van der Waals surface area contributed by atoms with Gasteiger partial charge in [0.2, 0.25) is 0 Å². The number of rotatable bonds is 6. The molecule has 0 N–H and O–H groups in total. The maximum absolute atomic E-state index is 12.8. The van der Waals surface area contributed by atoms with Gasteiger partial charge in [-0.25, -0.2) is 0 Å². The lowest BCUT2D eigenvalue weighted by atomic mass is 9.46. The van der Waals surface area contributed by atoms with Gasteiger partial charge < -0.3 is 9.15 Å². The molecule has 172 valence electrons. The molecule has 0 amide bonds. The number of aryl methyl sites for hydroxylation is 1. The van der Waals surface area contributed by atoms with Gasteiger partial charge >= 0.3 is 5.97 Å². The first-order chi connectivity index (χ1) is 14.9. The number of piperidine rings is 1. The molecule has 3 aliphatic rings. The molecule has 2 saturated carbocycles. The van der Waals surface area contributed by atoms with Crippen molar-refractivity contribution in [2.24, 2.45) is 22.7 Å². The zero-order valence-corrected chi connectivity index (χ0v) is 19.9. The van der Waals surface area contributed by atoms with E-state index in [2.05, 4.69) is 31.4 Å². The molecule has 0 bridgehead atoms. The lowest BCUT2D eigenvalue weighted by Gasteiger charge is -2.57. The van der Waals surface area contributed by atoms with Crippen LogP contribution in [0.15, 0.2) is 28.9 Å². The van der Waals surface area contributed by atoms with Gasteiger partial charge in [-0.3, -0.25) is 9.69 Å². The molecule has 0 aromatic carbocycles. The van der Waals surface area contributed by atoms with Gasteiger partial charge in [0.25, 0.3) is 0 Å². The summed E-state index contributed by atoms with van der Waals surface area (Å²) in [5.74, 6) is 1.95. The van der Waals surface area contributed by atoms with E-state index in [9.17, 15) is 4.79 Å². The Kier molecular flexibility index (Phi) is 6.67. The van der Waals surface area contributed by atoms with Gasteiger partial charge in [0.1, 0.15) is 5.76 Å². The monoisotopic (exact) mass is 427 g/mol. The number of hydrogen-bond donors (Lipinski definition) is 0. The highest BCUT2D eigenvalue weighted by Crippen LogP contribution is 2.62. The number of esters is 1. The van der Waals surface area contributed by atoms with Crippen molar-refractivity contribution in [3.8, 4) is 0 Å². The van der Waals surface area contributed by atoms with E-state index in [4.69, 9.17) is 9.15 Å². The Morgan fingerprint density at radius 3 is 2.74 bits per heavy atom. The summed E-state index contributed by atoms with van der Waals surface area (Å²) in [5, 5.41) is 0. The number of ether oxygens (including phenoxy) is 1. The van der Waals surface area contributed by atoms with E-state index in [0.29, 0.717) is 11.8 Å². The molecule has 0 unspecified atom stereocenters. The van der Waals surface area contributed by atoms with E-state index in [1.807, 2.05) is 6.26 Å². The van der Waals surface area contributed by atoms with Crippen molar-refractivity contribution in [2.75, 3.05) is 20.2 Å². The maximum atomic E-state index is 12.8. The van der Waals surface area contributed by atoms with E-state index in [1.54, 1.807) is 7.11 Å². The summed E-state index contributed by atoms with van der Waals surface area (Å²) in [5.41, 5.74) is 2.49. The molecule has 4 rings (SSSR count). The number of fused-ring (bicyclic) bond motifs is 1. The standard InChI is InChI=1S/C27H41NO3/c1-20-9-12-24-26(2,14-8-15-27(24,3)25(29)30-4)22(20)11-10-21-13-18-31-23(21)19-28-16-6-5-7-17-28/h13,18,22,24H,1,5-12,14-17,19H2,2-4H3/t22-,24-,26+,27-/m0/s1. The van der Waals surface area contributed by atoms with E-state index < -0.39 is 0 Å². The summed E-state index contributed by atoms with van der Waals surface area (Å²) in [6.45, 7) is 12.4. The normalized spacial score (nSPS) is 34.4. The Balaban J connectivity index is 1.49. The SMILES string of the molecule is C=C1CC[C@H]2[C@](C)(CCC[C@]2(C)C(=O)OC)[C@H]1CCc1ccoc1CN1CCCCC1. The van der Waals surface area contributed by atoms with Crippen LogP contribution in [-0.2, 0) is 22.5 Å². The number of nitrogens with zero attached hydrogens (tertiary/aromatic N) is 1. The Morgan fingerprint density at radius 2 is 2.00 bits per heavy atom. The topological polar surface area (TPSA) is 42.7 Å². The number of allylic oxidation sites excluding steroid dienone is 1. The zero-order chi connectivity index (χ0) is 22.1. The van der Waals surface area contributed by atoms with E-state index >= 15 is 0 Å². The molecule has 4 atom stereocenters. The fourth-order valence-electron chi connectivity index (χ4n) is 7.31. The average molecular weight is 428 g/mol. The number of carbonyl (C=O) groups excluding carboxylic acids is 1. The number of carbonyl (C=O) groups is 1. The molecular weight excluding hydrogens is 386 g/mol. The van der Waals surface area contributed by atoms with Crippen LogP contribution in [0.3, 0.4) is 0 Å². The molecule has 2 heterocycles. The predicted octanol–water partition coefficient (Wildman–Crippen LogP) is 6.15. The van der Waals surface area contributed by atoms with Crippen LogP contribution in [0.25, 0.3) is 0 Å². The fourth-order valence-corrected chi connectivity index (χ4v) is 7.31. The second-order valence-electron chi connectivity index (χ2n) is 10.8. The summed E-state index contributed by atoms with van der Waals surface area (Å²) in [7, 11) is 1.54. The lowest BCUT2D eigenvalue weighted by Crippen LogP contribution is -2.53.